The molecule has 27 heavy (non-hydrogen) atoms. The zero-order chi connectivity index (χ0) is 19.4. The van der Waals surface area contributed by atoms with E-state index in [0.29, 0.717) is 31.1 Å². The Kier molecular flexibility index (Phi) is 4.25. The van der Waals surface area contributed by atoms with Gasteiger partial charge in [-0.05, 0) is 69.4 Å². The van der Waals surface area contributed by atoms with Crippen molar-refractivity contribution in [1.29, 1.82) is 0 Å². The quantitative estimate of drug-likeness (QED) is 0.788. The number of rotatable bonds is 4. The van der Waals surface area contributed by atoms with Gasteiger partial charge in [0.2, 0.25) is 0 Å². The average molecular weight is 379 g/mol. The van der Waals surface area contributed by atoms with Crippen LogP contribution in [0.3, 0.4) is 0 Å². The van der Waals surface area contributed by atoms with Crippen LogP contribution in [-0.4, -0.2) is 28.7 Å². The molecule has 1 amide bonds. The highest BCUT2D eigenvalue weighted by Crippen LogP contribution is 2.62. The number of halogens is 2. The van der Waals surface area contributed by atoms with E-state index in [-0.39, 0.29) is 5.69 Å². The van der Waals surface area contributed by atoms with E-state index in [2.05, 4.69) is 5.32 Å². The molecule has 4 bridgehead atoms. The van der Waals surface area contributed by atoms with Gasteiger partial charge in [0, 0.05) is 11.8 Å². The molecule has 0 spiro atoms. The van der Waals surface area contributed by atoms with Crippen LogP contribution in [0.2, 0.25) is 0 Å². The summed E-state index contributed by atoms with van der Waals surface area (Å²) in [7, 11) is 0. The first kappa shape index (κ1) is 18.3. The zero-order valence-electron chi connectivity index (χ0n) is 15.1. The van der Waals surface area contributed by atoms with Gasteiger partial charge in [0.15, 0.2) is 17.7 Å². The van der Waals surface area contributed by atoms with Gasteiger partial charge < -0.3 is 15.2 Å². The lowest BCUT2D eigenvalue weighted by atomic mass is 9.48. The van der Waals surface area contributed by atoms with Gasteiger partial charge in [-0.3, -0.25) is 9.59 Å². The normalized spacial score (nSPS) is 35.0. The summed E-state index contributed by atoms with van der Waals surface area (Å²) in [5.74, 6) is -2.47. The highest BCUT2D eigenvalue weighted by molar-refractivity contribution is 5.95. The minimum absolute atomic E-state index is 0.0888. The van der Waals surface area contributed by atoms with E-state index in [0.717, 1.165) is 31.4 Å². The maximum absolute atomic E-state index is 13.3. The van der Waals surface area contributed by atoms with Crippen molar-refractivity contribution in [2.45, 2.75) is 57.2 Å². The molecule has 0 saturated heterocycles. The van der Waals surface area contributed by atoms with Gasteiger partial charge in [0.25, 0.3) is 5.91 Å². The van der Waals surface area contributed by atoms with Crippen molar-refractivity contribution in [3.05, 3.63) is 29.8 Å². The average Bonchev–Trinajstić information content (AvgIpc) is 2.55. The molecule has 0 aliphatic heterocycles. The summed E-state index contributed by atoms with van der Waals surface area (Å²) < 4.78 is 31.7. The van der Waals surface area contributed by atoms with E-state index in [4.69, 9.17) is 4.74 Å². The Morgan fingerprint density at radius 1 is 1.19 bits per heavy atom. The molecule has 4 aliphatic rings. The van der Waals surface area contributed by atoms with E-state index in [1.807, 2.05) is 0 Å². The summed E-state index contributed by atoms with van der Waals surface area (Å²) in [5.41, 5.74) is -1.42. The number of aliphatic hydroxyl groups is 1. The van der Waals surface area contributed by atoms with E-state index in [1.165, 1.54) is 13.0 Å². The topological polar surface area (TPSA) is 75.6 Å². The van der Waals surface area contributed by atoms with Crippen molar-refractivity contribution in [2.75, 3.05) is 5.32 Å². The lowest BCUT2D eigenvalue weighted by Gasteiger charge is -2.58. The second-order valence-corrected chi connectivity index (χ2v) is 8.63. The number of nitrogens with one attached hydrogen (secondary N) is 1. The molecular formula is C20H23F2NO4. The Balaban J connectivity index is 1.42. The number of carbonyl (C=O) groups excluding carboxylic acids is 2. The molecule has 5 atom stereocenters. The third-order valence-corrected chi connectivity index (χ3v) is 6.30. The Hall–Kier alpha value is -2.02. The molecule has 0 heterocycles. The van der Waals surface area contributed by atoms with Gasteiger partial charge in [-0.1, -0.05) is 0 Å². The summed E-state index contributed by atoms with van der Waals surface area (Å²) in [6.07, 6.45) is 3.24. The monoisotopic (exact) mass is 379 g/mol. The molecule has 5 nitrogen and oxygen atoms in total. The number of hydrogen-bond acceptors (Lipinski definition) is 4. The van der Waals surface area contributed by atoms with E-state index in [9.17, 15) is 23.5 Å². The standard InChI is InChI=1S/C20H23F2NO4/c1-11(17(24)23-14-2-3-15(21)16(22)5-14)27-18(25)19-6-12-4-13(7-19)9-20(26,8-12)10-19/h2-3,5,11-13,26H,4,6-10H2,1H3,(H,23,24)/t11-,12-,13+,19?,20?/m1/s1. The number of anilines is 1. The Labute approximate surface area is 156 Å². The number of ether oxygens (including phenoxy) is 1. The smallest absolute Gasteiger partial charge is 0.312 e. The molecule has 2 N–H and O–H groups in total. The number of esters is 1. The van der Waals surface area contributed by atoms with Gasteiger partial charge in [0.1, 0.15) is 0 Å². The molecule has 7 heteroatoms. The predicted molar refractivity (Wildman–Crippen MR) is 92.6 cm³/mol. The summed E-state index contributed by atoms with van der Waals surface area (Å²) in [6, 6.07) is 3.02. The van der Waals surface area contributed by atoms with Gasteiger partial charge in [-0.15, -0.1) is 0 Å². The summed E-state index contributed by atoms with van der Waals surface area (Å²) >= 11 is 0. The lowest BCUT2D eigenvalue weighted by molar-refractivity contribution is -0.199. The number of carbonyl (C=O) groups is 2. The largest absolute Gasteiger partial charge is 0.452 e. The van der Waals surface area contributed by atoms with Gasteiger partial charge in [-0.2, -0.15) is 0 Å². The third kappa shape index (κ3) is 3.33. The van der Waals surface area contributed by atoms with Crippen molar-refractivity contribution in [3.63, 3.8) is 0 Å². The third-order valence-electron chi connectivity index (χ3n) is 6.30. The van der Waals surface area contributed by atoms with Crippen LogP contribution in [0.5, 0.6) is 0 Å². The maximum atomic E-state index is 13.3. The highest BCUT2D eigenvalue weighted by Gasteiger charge is 2.61. The van der Waals surface area contributed by atoms with Crippen LogP contribution in [0.25, 0.3) is 0 Å². The summed E-state index contributed by atoms with van der Waals surface area (Å²) in [6.45, 7) is 1.45. The van der Waals surface area contributed by atoms with Gasteiger partial charge in [0.05, 0.1) is 11.0 Å². The van der Waals surface area contributed by atoms with Crippen LogP contribution in [0, 0.1) is 28.9 Å². The first-order valence-corrected chi connectivity index (χ1v) is 9.37. The fraction of sp³-hybridized carbons (Fsp3) is 0.600. The summed E-state index contributed by atoms with van der Waals surface area (Å²) in [5, 5.41) is 13.2. The fourth-order valence-electron chi connectivity index (χ4n) is 5.61. The van der Waals surface area contributed by atoms with Gasteiger partial charge in [-0.25, -0.2) is 8.78 Å². The van der Waals surface area contributed by atoms with Crippen molar-refractivity contribution in [1.82, 2.24) is 0 Å². The Bertz CT molecular complexity index is 782. The second-order valence-electron chi connectivity index (χ2n) is 8.63. The van der Waals surface area contributed by atoms with Gasteiger partial charge >= 0.3 is 5.97 Å². The van der Waals surface area contributed by atoms with Crippen molar-refractivity contribution < 1.29 is 28.2 Å². The van der Waals surface area contributed by atoms with Crippen molar-refractivity contribution in [2.24, 2.45) is 17.3 Å². The summed E-state index contributed by atoms with van der Waals surface area (Å²) in [4.78, 5) is 25.2. The highest BCUT2D eigenvalue weighted by atomic mass is 19.2. The molecule has 4 saturated carbocycles. The molecule has 4 fully saturated rings. The molecule has 4 aliphatic carbocycles. The second kappa shape index (κ2) is 6.26. The predicted octanol–water partition coefficient (Wildman–Crippen LogP) is 3.17. The van der Waals surface area contributed by atoms with E-state index < -0.39 is 40.6 Å². The SMILES string of the molecule is C[C@@H](OC(=O)C12C[C@@H]3C[C@@H](CC(O)(C3)C1)C2)C(=O)Nc1ccc(F)c(F)c1. The maximum Gasteiger partial charge on any atom is 0.312 e. The first-order chi connectivity index (χ1) is 12.7. The fourth-order valence-corrected chi connectivity index (χ4v) is 5.61. The van der Waals surface area contributed by atoms with E-state index >= 15 is 0 Å². The number of hydrogen-bond donors (Lipinski definition) is 2. The number of amides is 1. The Morgan fingerprint density at radius 2 is 1.85 bits per heavy atom. The van der Waals surface area contributed by atoms with Crippen LogP contribution < -0.4 is 5.32 Å². The van der Waals surface area contributed by atoms with Crippen LogP contribution in [0.4, 0.5) is 14.5 Å². The van der Waals surface area contributed by atoms with E-state index in [1.54, 1.807) is 0 Å². The first-order valence-electron chi connectivity index (χ1n) is 9.37. The minimum Gasteiger partial charge on any atom is -0.452 e. The van der Waals surface area contributed by atoms with Crippen molar-refractivity contribution >= 4 is 17.6 Å². The van der Waals surface area contributed by atoms with Crippen LogP contribution in [0.1, 0.15) is 45.4 Å². The molecule has 5 rings (SSSR count). The van der Waals surface area contributed by atoms with Crippen LogP contribution in [-0.2, 0) is 14.3 Å². The number of benzene rings is 1. The van der Waals surface area contributed by atoms with Crippen LogP contribution >= 0.6 is 0 Å². The molecule has 146 valence electrons. The Morgan fingerprint density at radius 3 is 2.44 bits per heavy atom. The molecule has 1 aromatic carbocycles. The zero-order valence-corrected chi connectivity index (χ0v) is 15.1. The molecule has 0 aromatic heterocycles. The minimum atomic E-state index is -1.08. The lowest BCUT2D eigenvalue weighted by Crippen LogP contribution is -2.59. The molecular weight excluding hydrogens is 356 g/mol. The van der Waals surface area contributed by atoms with Crippen molar-refractivity contribution in [3.8, 4) is 0 Å². The van der Waals surface area contributed by atoms with Crippen LogP contribution in [0.15, 0.2) is 18.2 Å². The molecule has 1 aromatic rings. The molecule has 0 radical (unpaired) electrons. The molecule has 2 unspecified atom stereocenters.